The van der Waals surface area contributed by atoms with Gasteiger partial charge in [-0.25, -0.2) is 0 Å². The minimum absolute atomic E-state index is 0.639. The molecule has 98 valence electrons. The van der Waals surface area contributed by atoms with Crippen LogP contribution in [0, 0.1) is 30.6 Å². The average Bonchev–Trinajstić information content (AvgIpc) is 2.69. The summed E-state index contributed by atoms with van der Waals surface area (Å²) < 4.78 is 0. The molecule has 5 rings (SSSR count). The molecule has 0 unspecified atom stereocenters. The van der Waals surface area contributed by atoms with Gasteiger partial charge in [0.25, 0.3) is 0 Å². The second-order valence-electron chi connectivity index (χ2n) is 6.87. The third-order valence-corrected chi connectivity index (χ3v) is 5.85. The van der Waals surface area contributed by atoms with Gasteiger partial charge in [0, 0.05) is 23.7 Å². The number of rotatable bonds is 2. The van der Waals surface area contributed by atoms with Crippen molar-refractivity contribution in [1.29, 1.82) is 0 Å². The van der Waals surface area contributed by atoms with E-state index < -0.39 is 0 Å². The van der Waals surface area contributed by atoms with Crippen LogP contribution in [0.25, 0.3) is 0 Å². The molecule has 18 heavy (non-hydrogen) atoms. The van der Waals surface area contributed by atoms with E-state index in [0.29, 0.717) is 12.5 Å². The van der Waals surface area contributed by atoms with Crippen molar-refractivity contribution >= 4 is 0 Å². The maximum Gasteiger partial charge on any atom is 0.0706 e. The highest BCUT2D eigenvalue weighted by atomic mass is 15.1. The first-order chi connectivity index (χ1) is 8.76. The predicted octanol–water partition coefficient (Wildman–Crippen LogP) is 2.72. The van der Waals surface area contributed by atoms with Gasteiger partial charge in [-0.15, -0.1) is 0 Å². The molecule has 1 aromatic rings. The van der Waals surface area contributed by atoms with Crippen LogP contribution in [0.15, 0.2) is 0 Å². The summed E-state index contributed by atoms with van der Waals surface area (Å²) in [6.45, 7) is 2.75. The van der Waals surface area contributed by atoms with E-state index in [1.54, 1.807) is 0 Å². The smallest absolute Gasteiger partial charge is 0.0706 e. The van der Waals surface area contributed by atoms with Gasteiger partial charge in [0.1, 0.15) is 0 Å². The molecule has 4 aliphatic carbocycles. The van der Waals surface area contributed by atoms with Crippen molar-refractivity contribution in [3.63, 3.8) is 0 Å². The first kappa shape index (κ1) is 11.0. The predicted molar refractivity (Wildman–Crippen MR) is 71.0 cm³/mol. The first-order valence-electron chi connectivity index (χ1n) is 7.50. The second-order valence-corrected chi connectivity index (χ2v) is 6.87. The highest BCUT2D eigenvalue weighted by Crippen LogP contribution is 2.59. The standard InChI is InChI=1S/C15H23N3/c1-8-13(7-16)15(18-17-8)14-11-3-9-2-10(5-11)6-12(14)4-9/h9-12,14H,2-7,16H2,1H3,(H,17,18). The number of aryl methyl sites for hydroxylation is 1. The lowest BCUT2D eigenvalue weighted by Crippen LogP contribution is -2.44. The van der Waals surface area contributed by atoms with Crippen LogP contribution in [0.2, 0.25) is 0 Å². The van der Waals surface area contributed by atoms with E-state index in [1.165, 1.54) is 49.1 Å². The number of H-pyrrole nitrogens is 1. The van der Waals surface area contributed by atoms with E-state index in [0.717, 1.165) is 23.7 Å². The fraction of sp³-hybridized carbons (Fsp3) is 0.800. The van der Waals surface area contributed by atoms with Crippen LogP contribution in [0.3, 0.4) is 0 Å². The molecule has 4 saturated carbocycles. The lowest BCUT2D eigenvalue weighted by atomic mass is 9.51. The molecule has 1 heterocycles. The average molecular weight is 245 g/mol. The molecule has 3 N–H and O–H groups in total. The van der Waals surface area contributed by atoms with Crippen LogP contribution >= 0.6 is 0 Å². The van der Waals surface area contributed by atoms with Crippen molar-refractivity contribution in [2.75, 3.05) is 0 Å². The molecule has 0 amide bonds. The van der Waals surface area contributed by atoms with Crippen LogP contribution in [0.4, 0.5) is 0 Å². The maximum absolute atomic E-state index is 5.93. The van der Waals surface area contributed by atoms with E-state index in [9.17, 15) is 0 Å². The van der Waals surface area contributed by atoms with E-state index in [-0.39, 0.29) is 0 Å². The van der Waals surface area contributed by atoms with Crippen molar-refractivity contribution < 1.29 is 0 Å². The van der Waals surface area contributed by atoms with Gasteiger partial charge in [-0.1, -0.05) is 0 Å². The summed E-state index contributed by atoms with van der Waals surface area (Å²) >= 11 is 0. The van der Waals surface area contributed by atoms with E-state index in [2.05, 4.69) is 17.1 Å². The number of aromatic amines is 1. The zero-order valence-electron chi connectivity index (χ0n) is 11.2. The van der Waals surface area contributed by atoms with Crippen LogP contribution in [-0.4, -0.2) is 10.2 Å². The summed E-state index contributed by atoms with van der Waals surface area (Å²) in [7, 11) is 0. The first-order valence-corrected chi connectivity index (χ1v) is 7.50. The van der Waals surface area contributed by atoms with Gasteiger partial charge >= 0.3 is 0 Å². The van der Waals surface area contributed by atoms with Gasteiger partial charge in [-0.2, -0.15) is 5.10 Å². The summed E-state index contributed by atoms with van der Waals surface area (Å²) in [5, 5.41) is 7.79. The maximum atomic E-state index is 5.93. The molecule has 0 aliphatic heterocycles. The Bertz CT molecular complexity index is 434. The highest BCUT2D eigenvalue weighted by Gasteiger charge is 2.49. The van der Waals surface area contributed by atoms with Gasteiger partial charge in [0.15, 0.2) is 0 Å². The Morgan fingerprint density at radius 1 is 1.11 bits per heavy atom. The number of nitrogens with one attached hydrogen (secondary N) is 1. The van der Waals surface area contributed by atoms with Gasteiger partial charge in [-0.3, -0.25) is 5.10 Å². The molecule has 0 spiro atoms. The number of nitrogens with two attached hydrogens (primary N) is 1. The zero-order valence-corrected chi connectivity index (χ0v) is 11.2. The van der Waals surface area contributed by atoms with Gasteiger partial charge in [-0.05, 0) is 62.7 Å². The van der Waals surface area contributed by atoms with Crippen molar-refractivity contribution in [2.24, 2.45) is 29.4 Å². The Morgan fingerprint density at radius 3 is 2.28 bits per heavy atom. The van der Waals surface area contributed by atoms with E-state index in [4.69, 9.17) is 5.73 Å². The molecule has 4 bridgehead atoms. The molecular weight excluding hydrogens is 222 g/mol. The molecule has 4 fully saturated rings. The molecule has 3 heteroatoms. The summed E-state index contributed by atoms with van der Waals surface area (Å²) in [5.41, 5.74) is 9.73. The third kappa shape index (κ3) is 1.43. The van der Waals surface area contributed by atoms with Crippen LogP contribution in [0.1, 0.15) is 55.0 Å². The van der Waals surface area contributed by atoms with Crippen molar-refractivity contribution in [2.45, 2.75) is 51.5 Å². The Kier molecular flexibility index (Phi) is 2.35. The minimum Gasteiger partial charge on any atom is -0.326 e. The molecule has 0 aromatic carbocycles. The Balaban J connectivity index is 1.72. The van der Waals surface area contributed by atoms with Crippen LogP contribution in [0.5, 0.6) is 0 Å². The fourth-order valence-electron chi connectivity index (χ4n) is 5.38. The number of hydrogen-bond donors (Lipinski definition) is 2. The van der Waals surface area contributed by atoms with Crippen LogP contribution in [-0.2, 0) is 6.54 Å². The largest absolute Gasteiger partial charge is 0.326 e. The second kappa shape index (κ2) is 3.83. The van der Waals surface area contributed by atoms with Crippen molar-refractivity contribution in [1.82, 2.24) is 10.2 Å². The third-order valence-electron chi connectivity index (χ3n) is 5.85. The Hall–Kier alpha value is -0.830. The number of hydrogen-bond acceptors (Lipinski definition) is 2. The van der Waals surface area contributed by atoms with Crippen molar-refractivity contribution in [3.8, 4) is 0 Å². The molecule has 3 nitrogen and oxygen atoms in total. The van der Waals surface area contributed by atoms with Gasteiger partial charge in [0.2, 0.25) is 0 Å². The summed E-state index contributed by atoms with van der Waals surface area (Å²) in [5.74, 6) is 4.57. The lowest BCUT2D eigenvalue weighted by molar-refractivity contribution is -0.00444. The molecule has 0 atom stereocenters. The zero-order chi connectivity index (χ0) is 12.3. The number of nitrogens with zero attached hydrogens (tertiary/aromatic N) is 1. The summed E-state index contributed by atoms with van der Waals surface area (Å²) in [6.07, 6.45) is 7.32. The molecule has 1 aromatic heterocycles. The molecule has 0 saturated heterocycles. The fourth-order valence-corrected chi connectivity index (χ4v) is 5.38. The van der Waals surface area contributed by atoms with Crippen LogP contribution < -0.4 is 5.73 Å². The van der Waals surface area contributed by atoms with Gasteiger partial charge in [0.05, 0.1) is 5.69 Å². The SMILES string of the molecule is Cc1[nH]nc(C2C3CC4CC(C3)CC2C4)c1CN. The topological polar surface area (TPSA) is 54.7 Å². The summed E-state index contributed by atoms with van der Waals surface area (Å²) in [6, 6.07) is 0. The molecular formula is C15H23N3. The van der Waals surface area contributed by atoms with Gasteiger partial charge < -0.3 is 5.73 Å². The number of aromatic nitrogens is 2. The lowest BCUT2D eigenvalue weighted by Gasteiger charge is -2.54. The summed E-state index contributed by atoms with van der Waals surface area (Å²) in [4.78, 5) is 0. The molecule has 0 radical (unpaired) electrons. The normalized spacial score (nSPS) is 41.6. The highest BCUT2D eigenvalue weighted by molar-refractivity contribution is 5.30. The van der Waals surface area contributed by atoms with E-state index in [1.807, 2.05) is 0 Å². The Morgan fingerprint density at radius 2 is 1.72 bits per heavy atom. The van der Waals surface area contributed by atoms with E-state index >= 15 is 0 Å². The van der Waals surface area contributed by atoms with Crippen molar-refractivity contribution in [3.05, 3.63) is 17.0 Å². The quantitative estimate of drug-likeness (QED) is 0.841. The minimum atomic E-state index is 0.639. The monoisotopic (exact) mass is 245 g/mol. The Labute approximate surface area is 109 Å². The molecule has 4 aliphatic rings.